The Kier molecular flexibility index (Phi) is 3.78. The lowest BCUT2D eigenvalue weighted by Crippen LogP contribution is -2.17. The van der Waals surface area contributed by atoms with Gasteiger partial charge in [-0.1, -0.05) is 5.16 Å². The Bertz CT molecular complexity index is 633. The standard InChI is InChI=1S/C13H17N5O2S/c1-15-12(19)11-10(14)9(7-2-3-7)13(21-11)16-5-4-8-17-6-18-20-8/h6-7,16H,2-5,14H2,1H3,(H,15,19). The summed E-state index contributed by atoms with van der Waals surface area (Å²) in [6.45, 7) is 0.662. The number of carbonyl (C=O) groups excluding carboxylic acids is 1. The molecule has 7 nitrogen and oxygen atoms in total. The van der Waals surface area contributed by atoms with Crippen molar-refractivity contribution in [2.45, 2.75) is 25.2 Å². The molecule has 1 fully saturated rings. The molecule has 1 saturated carbocycles. The van der Waals surface area contributed by atoms with Crippen molar-refractivity contribution < 1.29 is 9.32 Å². The summed E-state index contributed by atoms with van der Waals surface area (Å²) in [6.07, 6.45) is 4.29. The van der Waals surface area contributed by atoms with Gasteiger partial charge in [-0.3, -0.25) is 4.79 Å². The van der Waals surface area contributed by atoms with E-state index in [9.17, 15) is 4.79 Å². The predicted molar refractivity (Wildman–Crippen MR) is 80.6 cm³/mol. The van der Waals surface area contributed by atoms with Gasteiger partial charge >= 0.3 is 0 Å². The first-order valence-corrected chi connectivity index (χ1v) is 7.66. The summed E-state index contributed by atoms with van der Waals surface area (Å²) >= 11 is 1.41. The number of amides is 1. The summed E-state index contributed by atoms with van der Waals surface area (Å²) in [7, 11) is 1.61. The molecule has 8 heteroatoms. The molecule has 3 rings (SSSR count). The molecular formula is C13H17N5O2S. The molecule has 112 valence electrons. The lowest BCUT2D eigenvalue weighted by Gasteiger charge is -2.05. The second-order valence-corrected chi connectivity index (χ2v) is 5.97. The SMILES string of the molecule is CNC(=O)c1sc(NCCc2ncno2)c(C2CC2)c1N. The zero-order valence-electron chi connectivity index (χ0n) is 11.7. The van der Waals surface area contributed by atoms with Gasteiger partial charge in [-0.15, -0.1) is 11.3 Å². The van der Waals surface area contributed by atoms with Crippen LogP contribution >= 0.6 is 11.3 Å². The highest BCUT2D eigenvalue weighted by Gasteiger charge is 2.32. The van der Waals surface area contributed by atoms with Gasteiger partial charge in [-0.05, 0) is 18.8 Å². The Hall–Kier alpha value is -2.09. The van der Waals surface area contributed by atoms with E-state index in [4.69, 9.17) is 10.3 Å². The van der Waals surface area contributed by atoms with E-state index in [1.807, 2.05) is 0 Å². The van der Waals surface area contributed by atoms with Crippen LogP contribution in [0.25, 0.3) is 0 Å². The number of hydrogen-bond acceptors (Lipinski definition) is 7. The molecule has 0 bridgehead atoms. The minimum Gasteiger partial charge on any atom is -0.397 e. The van der Waals surface area contributed by atoms with E-state index in [-0.39, 0.29) is 5.91 Å². The van der Waals surface area contributed by atoms with Gasteiger partial charge in [0.15, 0.2) is 6.33 Å². The zero-order valence-corrected chi connectivity index (χ0v) is 12.5. The third-order valence-corrected chi connectivity index (χ3v) is 4.61. The highest BCUT2D eigenvalue weighted by atomic mass is 32.1. The number of rotatable bonds is 6. The Labute approximate surface area is 125 Å². The van der Waals surface area contributed by atoms with Crippen molar-refractivity contribution in [2.75, 3.05) is 24.6 Å². The second-order valence-electron chi connectivity index (χ2n) is 4.95. The van der Waals surface area contributed by atoms with E-state index < -0.39 is 0 Å². The number of nitrogens with zero attached hydrogens (tertiary/aromatic N) is 2. The molecule has 0 spiro atoms. The topological polar surface area (TPSA) is 106 Å². The first kappa shape index (κ1) is 13.9. The lowest BCUT2D eigenvalue weighted by atomic mass is 10.1. The number of anilines is 2. The number of aromatic nitrogens is 2. The fourth-order valence-electron chi connectivity index (χ4n) is 2.24. The summed E-state index contributed by atoms with van der Waals surface area (Å²) in [4.78, 5) is 16.4. The quantitative estimate of drug-likeness (QED) is 0.748. The number of nitrogen functional groups attached to an aromatic ring is 1. The van der Waals surface area contributed by atoms with Crippen molar-refractivity contribution >= 4 is 27.9 Å². The van der Waals surface area contributed by atoms with Crippen molar-refractivity contribution in [3.8, 4) is 0 Å². The van der Waals surface area contributed by atoms with E-state index in [1.54, 1.807) is 7.05 Å². The molecule has 2 aromatic heterocycles. The fourth-order valence-corrected chi connectivity index (χ4v) is 3.42. The summed E-state index contributed by atoms with van der Waals surface area (Å²) in [5.74, 6) is 0.932. The molecule has 1 aliphatic carbocycles. The number of carbonyl (C=O) groups is 1. The molecule has 1 amide bonds. The molecular weight excluding hydrogens is 290 g/mol. The third-order valence-electron chi connectivity index (χ3n) is 3.43. The maximum absolute atomic E-state index is 11.9. The van der Waals surface area contributed by atoms with Crippen LogP contribution in [0.2, 0.25) is 0 Å². The van der Waals surface area contributed by atoms with E-state index in [2.05, 4.69) is 20.8 Å². The molecule has 0 atom stereocenters. The Balaban J connectivity index is 1.75. The molecule has 0 aromatic carbocycles. The minimum atomic E-state index is -0.135. The van der Waals surface area contributed by atoms with Gasteiger partial charge in [-0.25, -0.2) is 0 Å². The van der Waals surface area contributed by atoms with Crippen LogP contribution in [0.3, 0.4) is 0 Å². The van der Waals surface area contributed by atoms with Crippen LogP contribution in [0.1, 0.15) is 39.9 Å². The predicted octanol–water partition coefficient (Wildman–Crippen LogP) is 1.60. The number of nitrogens with one attached hydrogen (secondary N) is 2. The Morgan fingerprint density at radius 1 is 1.57 bits per heavy atom. The highest BCUT2D eigenvalue weighted by Crippen LogP contribution is 2.50. The van der Waals surface area contributed by atoms with Gasteiger partial charge in [-0.2, -0.15) is 4.98 Å². The van der Waals surface area contributed by atoms with Crippen molar-refractivity contribution in [2.24, 2.45) is 0 Å². The van der Waals surface area contributed by atoms with E-state index in [1.165, 1.54) is 17.7 Å². The monoisotopic (exact) mass is 307 g/mol. The molecule has 21 heavy (non-hydrogen) atoms. The summed E-state index contributed by atoms with van der Waals surface area (Å²) < 4.78 is 4.96. The molecule has 4 N–H and O–H groups in total. The smallest absolute Gasteiger partial charge is 0.263 e. The lowest BCUT2D eigenvalue weighted by molar-refractivity contribution is 0.0968. The van der Waals surface area contributed by atoms with Crippen molar-refractivity contribution in [1.29, 1.82) is 0 Å². The maximum atomic E-state index is 11.9. The van der Waals surface area contributed by atoms with Gasteiger partial charge in [0.1, 0.15) is 4.88 Å². The average molecular weight is 307 g/mol. The molecule has 0 aliphatic heterocycles. The van der Waals surface area contributed by atoms with Crippen LogP contribution < -0.4 is 16.4 Å². The molecule has 0 radical (unpaired) electrons. The number of thiophene rings is 1. The van der Waals surface area contributed by atoms with Crippen LogP contribution in [0.5, 0.6) is 0 Å². The number of hydrogen-bond donors (Lipinski definition) is 3. The molecule has 0 unspecified atom stereocenters. The van der Waals surface area contributed by atoms with E-state index in [0.29, 0.717) is 35.3 Å². The number of nitrogens with two attached hydrogens (primary N) is 1. The van der Waals surface area contributed by atoms with Gasteiger partial charge < -0.3 is 20.9 Å². The van der Waals surface area contributed by atoms with Gasteiger partial charge in [0.25, 0.3) is 5.91 Å². The van der Waals surface area contributed by atoms with Gasteiger partial charge in [0, 0.05) is 25.6 Å². The van der Waals surface area contributed by atoms with Crippen molar-refractivity contribution in [3.63, 3.8) is 0 Å². The average Bonchev–Trinajstić information content (AvgIpc) is 3.07. The van der Waals surface area contributed by atoms with Crippen LogP contribution in [0.4, 0.5) is 10.7 Å². The normalized spacial score (nSPS) is 14.1. The molecule has 0 saturated heterocycles. The molecule has 2 aromatic rings. The second kappa shape index (κ2) is 5.72. The van der Waals surface area contributed by atoms with Crippen molar-refractivity contribution in [3.05, 3.63) is 22.7 Å². The zero-order chi connectivity index (χ0) is 14.8. The van der Waals surface area contributed by atoms with Gasteiger partial charge in [0.05, 0.1) is 10.7 Å². The first-order valence-electron chi connectivity index (χ1n) is 6.84. The van der Waals surface area contributed by atoms with Crippen LogP contribution in [-0.2, 0) is 6.42 Å². The Morgan fingerprint density at radius 2 is 2.38 bits per heavy atom. The van der Waals surface area contributed by atoms with Gasteiger partial charge in [0.2, 0.25) is 5.89 Å². The fraction of sp³-hybridized carbons (Fsp3) is 0.462. The largest absolute Gasteiger partial charge is 0.397 e. The van der Waals surface area contributed by atoms with Crippen LogP contribution in [0, 0.1) is 0 Å². The summed E-state index contributed by atoms with van der Waals surface area (Å²) in [5.41, 5.74) is 7.86. The minimum absolute atomic E-state index is 0.135. The third kappa shape index (κ3) is 2.85. The Morgan fingerprint density at radius 3 is 3.00 bits per heavy atom. The first-order chi connectivity index (χ1) is 10.2. The maximum Gasteiger partial charge on any atom is 0.263 e. The van der Waals surface area contributed by atoms with E-state index >= 15 is 0 Å². The van der Waals surface area contributed by atoms with E-state index in [0.717, 1.165) is 23.4 Å². The highest BCUT2D eigenvalue weighted by molar-refractivity contribution is 7.18. The summed E-state index contributed by atoms with van der Waals surface area (Å²) in [5, 5.41) is 10.5. The molecule has 1 aliphatic rings. The van der Waals surface area contributed by atoms with Crippen molar-refractivity contribution in [1.82, 2.24) is 15.5 Å². The van der Waals surface area contributed by atoms with Crippen LogP contribution in [-0.4, -0.2) is 29.6 Å². The summed E-state index contributed by atoms with van der Waals surface area (Å²) in [6, 6.07) is 0. The molecule has 2 heterocycles. The van der Waals surface area contributed by atoms with Crippen LogP contribution in [0.15, 0.2) is 10.9 Å².